The van der Waals surface area contributed by atoms with Crippen molar-refractivity contribution in [2.24, 2.45) is 0 Å². The van der Waals surface area contributed by atoms with Gasteiger partial charge in [-0.1, -0.05) is 30.3 Å². The Kier molecular flexibility index (Phi) is 3.04. The zero-order chi connectivity index (χ0) is 13.4. The lowest BCUT2D eigenvalue weighted by Gasteiger charge is -2.37. The normalized spacial score (nSPS) is 29.4. The minimum Gasteiger partial charge on any atom is -0.345 e. The van der Waals surface area contributed by atoms with Crippen molar-refractivity contribution in [2.75, 3.05) is 6.54 Å². The zero-order valence-corrected chi connectivity index (χ0v) is 11.0. The molecular weight excluding hydrogens is 237 g/mol. The van der Waals surface area contributed by atoms with Gasteiger partial charge in [0.05, 0.1) is 12.1 Å². The minimum atomic E-state index is -0.164. The molecule has 5 heteroatoms. The number of hydrogen-bond acceptors (Lipinski definition) is 3. The fourth-order valence-electron chi connectivity index (χ4n) is 3.37. The van der Waals surface area contributed by atoms with Gasteiger partial charge in [-0.2, -0.15) is 5.26 Å². The van der Waals surface area contributed by atoms with Crippen LogP contribution in [-0.4, -0.2) is 48.1 Å². The van der Waals surface area contributed by atoms with Gasteiger partial charge in [-0.3, -0.25) is 9.69 Å². The summed E-state index contributed by atoms with van der Waals surface area (Å²) in [4.78, 5) is 15.7. The van der Waals surface area contributed by atoms with Crippen LogP contribution < -0.4 is 0 Å². The molecule has 3 rings (SSSR count). The summed E-state index contributed by atoms with van der Waals surface area (Å²) in [5, 5.41) is 9.41. The molecule has 0 radical (unpaired) electrons. The van der Waals surface area contributed by atoms with E-state index in [0.717, 1.165) is 19.5 Å². The lowest BCUT2D eigenvalue weighted by Crippen LogP contribution is -2.53. The van der Waals surface area contributed by atoms with Gasteiger partial charge < -0.3 is 4.90 Å². The predicted octanol–water partition coefficient (Wildman–Crippen LogP) is 0.590. The molecule has 0 spiro atoms. The Morgan fingerprint density at radius 1 is 1.42 bits per heavy atom. The molecule has 19 heavy (non-hydrogen) atoms. The smallest absolute Gasteiger partial charge is 0.215 e. The van der Waals surface area contributed by atoms with Crippen molar-refractivity contribution in [1.82, 2.24) is 9.80 Å². The molecule has 96 valence electrons. The molecule has 2 bridgehead atoms. The van der Waals surface area contributed by atoms with E-state index in [0.29, 0.717) is 6.04 Å². The highest BCUT2D eigenvalue weighted by Crippen LogP contribution is 2.36. The summed E-state index contributed by atoms with van der Waals surface area (Å²) >= 11 is 0. The van der Waals surface area contributed by atoms with E-state index in [9.17, 15) is 10.1 Å². The number of likely N-dealkylation sites (tertiary alicyclic amines) is 2. The molecule has 1 amide bonds. The second-order valence-corrected chi connectivity index (χ2v) is 5.36. The first-order chi connectivity index (χ1) is 9.20. The molecule has 2 fully saturated rings. The maximum Gasteiger partial charge on any atom is 0.215 e. The molecule has 1 aromatic rings. The molecule has 0 saturated carbocycles. The summed E-state index contributed by atoms with van der Waals surface area (Å²) in [5.41, 5.74) is 1.23. The fourth-order valence-corrected chi connectivity index (χ4v) is 3.37. The van der Waals surface area contributed by atoms with Crippen LogP contribution in [0.3, 0.4) is 0 Å². The van der Waals surface area contributed by atoms with Crippen molar-refractivity contribution >= 4 is 13.7 Å². The molecule has 2 unspecified atom stereocenters. The molecule has 3 atom stereocenters. The Labute approximate surface area is 114 Å². The first-order valence-electron chi connectivity index (χ1n) is 6.67. The Bertz CT molecular complexity index is 527. The molecule has 2 saturated heterocycles. The van der Waals surface area contributed by atoms with Gasteiger partial charge >= 0.3 is 0 Å². The lowest BCUT2D eigenvalue weighted by atomic mass is 10.0. The topological polar surface area (TPSA) is 47.3 Å². The Balaban J connectivity index is 1.78. The number of amides is 1. The summed E-state index contributed by atoms with van der Waals surface area (Å²) < 4.78 is 0. The third kappa shape index (κ3) is 2.02. The van der Waals surface area contributed by atoms with Gasteiger partial charge in [-0.15, -0.1) is 0 Å². The van der Waals surface area contributed by atoms with Crippen molar-refractivity contribution in [3.8, 4) is 6.07 Å². The van der Waals surface area contributed by atoms with Crippen LogP contribution in [0.25, 0.3) is 0 Å². The lowest BCUT2D eigenvalue weighted by molar-refractivity contribution is 0.114. The Morgan fingerprint density at radius 2 is 2.16 bits per heavy atom. The predicted molar refractivity (Wildman–Crippen MR) is 74.2 cm³/mol. The van der Waals surface area contributed by atoms with E-state index >= 15 is 0 Å². The number of nitriles is 1. The Morgan fingerprint density at radius 3 is 2.79 bits per heavy atom. The largest absolute Gasteiger partial charge is 0.345 e. The first kappa shape index (κ1) is 12.2. The van der Waals surface area contributed by atoms with Gasteiger partial charge in [-0.05, 0) is 12.0 Å². The molecule has 2 aliphatic rings. The first-order valence-corrected chi connectivity index (χ1v) is 6.67. The van der Waals surface area contributed by atoms with Gasteiger partial charge in [0, 0.05) is 19.1 Å². The van der Waals surface area contributed by atoms with Crippen LogP contribution in [0.5, 0.6) is 0 Å². The van der Waals surface area contributed by atoms with E-state index in [1.54, 1.807) is 7.85 Å². The highest BCUT2D eigenvalue weighted by Gasteiger charge is 2.51. The van der Waals surface area contributed by atoms with Crippen LogP contribution in [0.2, 0.25) is 0 Å². The average molecular weight is 253 g/mol. The fraction of sp³-hybridized carbons (Fsp3) is 0.429. The molecule has 4 nitrogen and oxygen atoms in total. The van der Waals surface area contributed by atoms with Crippen LogP contribution in [0.15, 0.2) is 30.3 Å². The maximum absolute atomic E-state index is 11.6. The number of hydrogen-bond donors (Lipinski definition) is 0. The van der Waals surface area contributed by atoms with E-state index in [2.05, 4.69) is 23.1 Å². The van der Waals surface area contributed by atoms with Crippen molar-refractivity contribution in [2.45, 2.75) is 31.1 Å². The van der Waals surface area contributed by atoms with Crippen LogP contribution in [0.4, 0.5) is 4.79 Å². The number of nitrogens with zero attached hydrogens (tertiary/aromatic N) is 3. The number of carbonyl (C=O) groups excluding carboxylic acids is 1. The van der Waals surface area contributed by atoms with Crippen molar-refractivity contribution < 1.29 is 4.79 Å². The van der Waals surface area contributed by atoms with E-state index in [1.807, 2.05) is 23.1 Å². The SMILES string of the molecule is BC(=O)N1CC2CC1[C@H](C#N)N2Cc1ccccc1. The molecule has 0 N–H and O–H groups in total. The molecule has 2 aliphatic heterocycles. The zero-order valence-electron chi connectivity index (χ0n) is 11.0. The number of benzene rings is 1. The number of piperazine rings is 1. The van der Waals surface area contributed by atoms with E-state index in [1.165, 1.54) is 5.56 Å². The van der Waals surface area contributed by atoms with Crippen LogP contribution in [0, 0.1) is 11.3 Å². The monoisotopic (exact) mass is 253 g/mol. The highest BCUT2D eigenvalue weighted by molar-refractivity contribution is 6.57. The van der Waals surface area contributed by atoms with Crippen molar-refractivity contribution in [3.63, 3.8) is 0 Å². The summed E-state index contributed by atoms with van der Waals surface area (Å²) in [6.45, 7) is 1.57. The van der Waals surface area contributed by atoms with Crippen molar-refractivity contribution in [1.29, 1.82) is 5.26 Å². The molecular formula is C14H16BN3O. The minimum absolute atomic E-state index is 0.0798. The van der Waals surface area contributed by atoms with E-state index in [-0.39, 0.29) is 17.9 Å². The summed E-state index contributed by atoms with van der Waals surface area (Å²) in [6, 6.07) is 12.8. The third-order valence-electron chi connectivity index (χ3n) is 4.26. The second kappa shape index (κ2) is 4.71. The number of rotatable bonds is 2. The van der Waals surface area contributed by atoms with Crippen LogP contribution in [-0.2, 0) is 6.54 Å². The molecule has 1 aromatic carbocycles. The standard InChI is InChI=1S/C14H16BN3O/c15-14(19)18-9-11-6-12(18)13(7-16)17(11)8-10-4-2-1-3-5-10/h1-5,11-13H,6,8-9,15H2/t11?,12?,13-/m0/s1. The highest BCUT2D eigenvalue weighted by atomic mass is 16.2. The maximum atomic E-state index is 11.6. The molecule has 2 heterocycles. The summed E-state index contributed by atoms with van der Waals surface area (Å²) in [6.07, 6.45) is 0.935. The quantitative estimate of drug-likeness (QED) is 0.725. The van der Waals surface area contributed by atoms with E-state index in [4.69, 9.17) is 0 Å². The summed E-state index contributed by atoms with van der Waals surface area (Å²) in [7, 11) is 1.59. The van der Waals surface area contributed by atoms with E-state index < -0.39 is 0 Å². The van der Waals surface area contributed by atoms with Gasteiger partial charge in [0.1, 0.15) is 6.04 Å². The molecule has 0 aliphatic carbocycles. The number of fused-ring (bicyclic) bond motifs is 2. The van der Waals surface area contributed by atoms with Crippen LogP contribution >= 0.6 is 0 Å². The van der Waals surface area contributed by atoms with Gasteiger partial charge in [-0.25, -0.2) is 0 Å². The summed E-state index contributed by atoms with van der Waals surface area (Å²) in [5.74, 6) is 0.0899. The van der Waals surface area contributed by atoms with Crippen LogP contribution in [0.1, 0.15) is 12.0 Å². The Hall–Kier alpha value is -1.80. The van der Waals surface area contributed by atoms with Gasteiger partial charge in [0.25, 0.3) is 0 Å². The second-order valence-electron chi connectivity index (χ2n) is 5.36. The van der Waals surface area contributed by atoms with Crippen molar-refractivity contribution in [3.05, 3.63) is 35.9 Å². The van der Waals surface area contributed by atoms with Gasteiger partial charge in [0.2, 0.25) is 7.85 Å². The van der Waals surface area contributed by atoms with Gasteiger partial charge in [0.15, 0.2) is 5.81 Å². The molecule has 0 aromatic heterocycles. The number of carbonyl (C=O) groups is 1. The third-order valence-corrected chi connectivity index (χ3v) is 4.26. The average Bonchev–Trinajstić information content (AvgIpc) is 2.98.